The van der Waals surface area contributed by atoms with Crippen LogP contribution in [0.1, 0.15) is 12.7 Å². The molecule has 25 heavy (non-hydrogen) atoms. The Morgan fingerprint density at radius 2 is 2.16 bits per heavy atom. The summed E-state index contributed by atoms with van der Waals surface area (Å²) in [6, 6.07) is 0. The Hall–Kier alpha value is -2.07. The van der Waals surface area contributed by atoms with Crippen LogP contribution in [0.2, 0.25) is 0 Å². The van der Waals surface area contributed by atoms with Gasteiger partial charge in [0.2, 0.25) is 0 Å². The van der Waals surface area contributed by atoms with Crippen LogP contribution >= 0.6 is 0 Å². The molecule has 7 nitrogen and oxygen atoms in total. The van der Waals surface area contributed by atoms with E-state index in [9.17, 15) is 18.3 Å². The fourth-order valence-corrected chi connectivity index (χ4v) is 2.86. The molecular weight excluding hydrogens is 339 g/mol. The van der Waals surface area contributed by atoms with Crippen molar-refractivity contribution in [2.45, 2.75) is 44.9 Å². The van der Waals surface area contributed by atoms with Crippen molar-refractivity contribution in [3.63, 3.8) is 0 Å². The summed E-state index contributed by atoms with van der Waals surface area (Å²) in [6.45, 7) is 2.52. The van der Waals surface area contributed by atoms with Gasteiger partial charge in [-0.1, -0.05) is 0 Å². The third-order valence-corrected chi connectivity index (χ3v) is 4.05. The van der Waals surface area contributed by atoms with Gasteiger partial charge in [-0.25, -0.2) is 4.98 Å². The number of hydrogen-bond acceptors (Lipinski definition) is 5. The van der Waals surface area contributed by atoms with Gasteiger partial charge in [0.1, 0.15) is 24.6 Å². The summed E-state index contributed by atoms with van der Waals surface area (Å²) in [4.78, 5) is 5.83. The Morgan fingerprint density at radius 1 is 1.36 bits per heavy atom. The average molecular weight is 359 g/mol. The minimum Gasteiger partial charge on any atom is -0.483 e. The second kappa shape index (κ2) is 7.04. The molecule has 2 atom stereocenters. The van der Waals surface area contributed by atoms with Gasteiger partial charge < -0.3 is 14.4 Å². The van der Waals surface area contributed by atoms with E-state index in [1.165, 1.54) is 12.4 Å². The molecule has 1 N–H and O–H groups in total. The lowest BCUT2D eigenvalue weighted by atomic mass is 10.3. The topological polar surface area (TPSA) is 68.3 Å². The molecule has 3 rings (SSSR count). The molecular formula is C15H20F3N5O2. The minimum atomic E-state index is -4.30. The Morgan fingerprint density at radius 3 is 2.84 bits per heavy atom. The van der Waals surface area contributed by atoms with E-state index in [1.807, 2.05) is 11.8 Å². The van der Waals surface area contributed by atoms with E-state index in [4.69, 9.17) is 4.74 Å². The van der Waals surface area contributed by atoms with Crippen molar-refractivity contribution in [3.05, 3.63) is 30.6 Å². The van der Waals surface area contributed by atoms with Gasteiger partial charge in [0.25, 0.3) is 0 Å². The molecule has 3 heterocycles. The van der Waals surface area contributed by atoms with Crippen molar-refractivity contribution in [2.75, 3.05) is 13.1 Å². The van der Waals surface area contributed by atoms with Crippen molar-refractivity contribution in [3.8, 4) is 5.75 Å². The first kappa shape index (κ1) is 17.7. The predicted molar refractivity (Wildman–Crippen MR) is 81.9 cm³/mol. The molecule has 1 aliphatic heterocycles. The Labute approximate surface area is 142 Å². The zero-order valence-corrected chi connectivity index (χ0v) is 13.7. The first-order chi connectivity index (χ1) is 11.8. The third-order valence-electron chi connectivity index (χ3n) is 4.05. The van der Waals surface area contributed by atoms with Crippen molar-refractivity contribution in [1.82, 2.24) is 24.2 Å². The molecule has 2 aromatic rings. The van der Waals surface area contributed by atoms with Gasteiger partial charge in [0.15, 0.2) is 5.75 Å². The number of aliphatic hydroxyl groups excluding tert-OH is 1. The maximum absolute atomic E-state index is 12.6. The molecule has 138 valence electrons. The highest BCUT2D eigenvalue weighted by molar-refractivity contribution is 5.13. The second-order valence-electron chi connectivity index (χ2n) is 6.04. The van der Waals surface area contributed by atoms with E-state index in [0.717, 1.165) is 4.57 Å². The number of aryl methyl sites for hydroxylation is 1. The average Bonchev–Trinajstić information content (AvgIpc) is 3.22. The van der Waals surface area contributed by atoms with E-state index in [-0.39, 0.29) is 6.54 Å². The Kier molecular flexibility index (Phi) is 5.00. The van der Waals surface area contributed by atoms with Crippen LogP contribution in [0.3, 0.4) is 0 Å². The summed E-state index contributed by atoms with van der Waals surface area (Å²) in [5.41, 5.74) is 0. The van der Waals surface area contributed by atoms with Gasteiger partial charge in [-0.3, -0.25) is 9.58 Å². The van der Waals surface area contributed by atoms with Gasteiger partial charge in [0.05, 0.1) is 18.9 Å². The highest BCUT2D eigenvalue weighted by atomic mass is 19.4. The number of aromatic nitrogens is 4. The quantitative estimate of drug-likeness (QED) is 0.842. The highest BCUT2D eigenvalue weighted by Crippen LogP contribution is 2.22. The number of likely N-dealkylation sites (tertiary alicyclic amines) is 1. The van der Waals surface area contributed by atoms with Crippen molar-refractivity contribution in [1.29, 1.82) is 0 Å². The fourth-order valence-electron chi connectivity index (χ4n) is 2.86. The van der Waals surface area contributed by atoms with Crippen LogP contribution in [0, 0.1) is 0 Å². The van der Waals surface area contributed by atoms with Crippen molar-refractivity contribution in [2.24, 2.45) is 0 Å². The summed E-state index contributed by atoms with van der Waals surface area (Å²) in [5.74, 6) is 0.871. The number of imidazole rings is 1. The fraction of sp³-hybridized carbons (Fsp3) is 0.600. The van der Waals surface area contributed by atoms with Crippen LogP contribution in [-0.4, -0.2) is 60.8 Å². The predicted octanol–water partition coefficient (Wildman–Crippen LogP) is 1.29. The van der Waals surface area contributed by atoms with Gasteiger partial charge in [-0.15, -0.1) is 0 Å². The monoisotopic (exact) mass is 359 g/mol. The normalized spacial score (nSPS) is 21.8. The van der Waals surface area contributed by atoms with E-state index in [2.05, 4.69) is 10.1 Å². The maximum atomic E-state index is 12.6. The molecule has 0 unspecified atom stereocenters. The minimum absolute atomic E-state index is 0.216. The van der Waals surface area contributed by atoms with Crippen LogP contribution in [0.4, 0.5) is 13.2 Å². The summed E-state index contributed by atoms with van der Waals surface area (Å²) in [6.07, 6.45) is 0.491. The first-order valence-electron chi connectivity index (χ1n) is 8.00. The maximum Gasteiger partial charge on any atom is 0.406 e. The van der Waals surface area contributed by atoms with E-state index in [1.54, 1.807) is 17.1 Å². The smallest absolute Gasteiger partial charge is 0.406 e. The number of rotatable bonds is 6. The highest BCUT2D eigenvalue weighted by Gasteiger charge is 2.34. The largest absolute Gasteiger partial charge is 0.483 e. The molecule has 1 saturated heterocycles. The number of ether oxygens (including phenoxy) is 1. The molecule has 0 bridgehead atoms. The molecule has 0 radical (unpaired) electrons. The van der Waals surface area contributed by atoms with Gasteiger partial charge in [-0.05, 0) is 6.92 Å². The molecule has 0 saturated carbocycles. The lowest BCUT2D eigenvalue weighted by molar-refractivity contribution is -0.141. The molecule has 1 fully saturated rings. The SMILES string of the molecule is CCn1cc(O[C@@H]2CN(Cc3nccn3CC(F)(F)F)C[C@H]2O)cn1. The van der Waals surface area contributed by atoms with E-state index in [0.29, 0.717) is 31.2 Å². The number of alkyl halides is 3. The lowest BCUT2D eigenvalue weighted by Crippen LogP contribution is -2.30. The van der Waals surface area contributed by atoms with Crippen LogP contribution < -0.4 is 4.74 Å². The van der Waals surface area contributed by atoms with E-state index < -0.39 is 24.9 Å². The van der Waals surface area contributed by atoms with Crippen LogP contribution in [0.15, 0.2) is 24.8 Å². The molecule has 0 aliphatic carbocycles. The molecule has 2 aromatic heterocycles. The molecule has 0 aromatic carbocycles. The summed E-state index contributed by atoms with van der Waals surface area (Å²) in [7, 11) is 0. The standard InChI is InChI=1S/C15H20F3N5O2/c1-2-23-6-11(5-20-23)25-13-8-21(7-12(13)24)9-14-19-3-4-22(14)10-15(16,17)18/h3-6,12-13,24H,2,7-10H2,1H3/t12-,13-/m1/s1. The molecule has 10 heteroatoms. The molecule has 0 amide bonds. The summed E-state index contributed by atoms with van der Waals surface area (Å²) < 4.78 is 46.3. The summed E-state index contributed by atoms with van der Waals surface area (Å²) in [5, 5.41) is 14.3. The summed E-state index contributed by atoms with van der Waals surface area (Å²) >= 11 is 0. The lowest BCUT2D eigenvalue weighted by Gasteiger charge is -2.17. The molecule has 0 spiro atoms. The van der Waals surface area contributed by atoms with Crippen LogP contribution in [-0.2, 0) is 19.6 Å². The zero-order chi connectivity index (χ0) is 18.0. The van der Waals surface area contributed by atoms with E-state index >= 15 is 0 Å². The zero-order valence-electron chi connectivity index (χ0n) is 13.7. The van der Waals surface area contributed by atoms with Gasteiger partial charge in [-0.2, -0.15) is 18.3 Å². The number of nitrogens with zero attached hydrogens (tertiary/aromatic N) is 5. The number of aliphatic hydroxyl groups is 1. The van der Waals surface area contributed by atoms with Crippen LogP contribution in [0.25, 0.3) is 0 Å². The van der Waals surface area contributed by atoms with Gasteiger partial charge >= 0.3 is 6.18 Å². The number of hydrogen-bond donors (Lipinski definition) is 1. The second-order valence-corrected chi connectivity index (χ2v) is 6.04. The van der Waals surface area contributed by atoms with Crippen molar-refractivity contribution >= 4 is 0 Å². The first-order valence-corrected chi connectivity index (χ1v) is 8.00. The Bertz CT molecular complexity index is 699. The van der Waals surface area contributed by atoms with Crippen molar-refractivity contribution < 1.29 is 23.0 Å². The number of β-amino-alcohol motifs (C(OH)–C–C–N with tert-alkyl or cyclic N) is 1. The number of halogens is 3. The van der Waals surface area contributed by atoms with Crippen LogP contribution in [0.5, 0.6) is 5.75 Å². The van der Waals surface area contributed by atoms with Gasteiger partial charge in [0, 0.05) is 32.0 Å². The Balaban J connectivity index is 1.59. The molecule has 1 aliphatic rings. The third kappa shape index (κ3) is 4.51.